The van der Waals surface area contributed by atoms with Crippen LogP contribution in [0.4, 0.5) is 0 Å². The minimum absolute atomic E-state index is 0.687. The summed E-state index contributed by atoms with van der Waals surface area (Å²) in [6.07, 6.45) is 6.24. The van der Waals surface area contributed by atoms with E-state index in [1.807, 2.05) is 30.3 Å². The highest BCUT2D eigenvalue weighted by atomic mass is 79.9. The van der Waals surface area contributed by atoms with E-state index >= 15 is 0 Å². The van der Waals surface area contributed by atoms with Gasteiger partial charge in [0.05, 0.1) is 5.69 Å². The third-order valence-corrected chi connectivity index (χ3v) is 5.50. The minimum atomic E-state index is 0.687. The van der Waals surface area contributed by atoms with Gasteiger partial charge in [-0.25, -0.2) is 4.98 Å². The van der Waals surface area contributed by atoms with Crippen LogP contribution in [0.25, 0.3) is 17.5 Å². The maximum atomic E-state index is 5.68. The molecule has 1 aliphatic rings. The van der Waals surface area contributed by atoms with Crippen molar-refractivity contribution >= 4 is 22.0 Å². The Morgan fingerprint density at radius 2 is 1.64 bits per heavy atom. The molecule has 0 atom stereocenters. The molecule has 0 spiro atoms. The van der Waals surface area contributed by atoms with E-state index < -0.39 is 0 Å². The van der Waals surface area contributed by atoms with E-state index in [0.29, 0.717) is 5.89 Å². The summed E-state index contributed by atoms with van der Waals surface area (Å²) >= 11 is 3.46. The zero-order chi connectivity index (χ0) is 19.2. The Morgan fingerprint density at radius 3 is 2.39 bits per heavy atom. The topological polar surface area (TPSA) is 32.5 Å². The summed E-state index contributed by atoms with van der Waals surface area (Å²) in [6, 6.07) is 18.5. The van der Waals surface area contributed by atoms with Crippen LogP contribution in [0.1, 0.15) is 11.3 Å². The number of halogens is 1. The van der Waals surface area contributed by atoms with Gasteiger partial charge in [0.2, 0.25) is 5.89 Å². The standard InChI is InChI=1S/C23H24BrN3O/c24-21-10-8-20(9-11-21)23-25-22(18-28-23)17-27-15-13-26(14-16-27)12-4-7-19-5-2-1-3-6-19/h1-11,18H,12-17H2/b7-4+. The van der Waals surface area contributed by atoms with Crippen molar-refractivity contribution in [1.29, 1.82) is 0 Å². The number of piperazine rings is 1. The Bertz CT molecular complexity index is 897. The molecule has 1 aliphatic heterocycles. The summed E-state index contributed by atoms with van der Waals surface area (Å²) < 4.78 is 6.73. The summed E-state index contributed by atoms with van der Waals surface area (Å²) in [5, 5.41) is 0. The summed E-state index contributed by atoms with van der Waals surface area (Å²) in [7, 11) is 0. The van der Waals surface area contributed by atoms with Gasteiger partial charge >= 0.3 is 0 Å². The number of nitrogens with zero attached hydrogens (tertiary/aromatic N) is 3. The first-order chi connectivity index (χ1) is 13.8. The summed E-state index contributed by atoms with van der Waals surface area (Å²) in [6.45, 7) is 6.11. The summed E-state index contributed by atoms with van der Waals surface area (Å²) in [5.41, 5.74) is 3.26. The molecule has 144 valence electrons. The minimum Gasteiger partial charge on any atom is -0.444 e. The van der Waals surface area contributed by atoms with E-state index in [1.54, 1.807) is 6.26 Å². The molecule has 4 rings (SSSR count). The van der Waals surface area contributed by atoms with Crippen LogP contribution in [0.15, 0.2) is 75.8 Å². The lowest BCUT2D eigenvalue weighted by molar-refractivity contribution is 0.136. The molecule has 0 N–H and O–H groups in total. The SMILES string of the molecule is Brc1ccc(-c2nc(CN3CCN(C/C=C/c4ccccc4)CC3)co2)cc1. The highest BCUT2D eigenvalue weighted by Crippen LogP contribution is 2.21. The molecule has 3 aromatic rings. The largest absolute Gasteiger partial charge is 0.444 e. The molecule has 1 aromatic heterocycles. The van der Waals surface area contributed by atoms with Gasteiger partial charge in [0.25, 0.3) is 0 Å². The Labute approximate surface area is 174 Å². The van der Waals surface area contributed by atoms with Crippen molar-refractivity contribution in [3.8, 4) is 11.5 Å². The van der Waals surface area contributed by atoms with Gasteiger partial charge in [-0.15, -0.1) is 0 Å². The number of aromatic nitrogens is 1. The van der Waals surface area contributed by atoms with Gasteiger partial charge < -0.3 is 4.42 Å². The Hall–Kier alpha value is -2.21. The lowest BCUT2D eigenvalue weighted by Gasteiger charge is -2.33. The fourth-order valence-corrected chi connectivity index (χ4v) is 3.63. The van der Waals surface area contributed by atoms with Crippen molar-refractivity contribution in [2.24, 2.45) is 0 Å². The molecule has 1 fully saturated rings. The van der Waals surface area contributed by atoms with Crippen molar-refractivity contribution in [2.75, 3.05) is 32.7 Å². The summed E-state index contributed by atoms with van der Waals surface area (Å²) in [4.78, 5) is 9.60. The number of hydrogen-bond acceptors (Lipinski definition) is 4. The van der Waals surface area contributed by atoms with E-state index in [0.717, 1.165) is 55.0 Å². The van der Waals surface area contributed by atoms with Gasteiger partial charge in [-0.05, 0) is 29.8 Å². The van der Waals surface area contributed by atoms with Crippen molar-refractivity contribution in [3.05, 3.63) is 82.7 Å². The number of oxazole rings is 1. The van der Waals surface area contributed by atoms with Gasteiger partial charge in [0.15, 0.2) is 0 Å². The zero-order valence-corrected chi connectivity index (χ0v) is 17.4. The number of rotatable bonds is 6. The van der Waals surface area contributed by atoms with Gasteiger partial charge in [0.1, 0.15) is 6.26 Å². The van der Waals surface area contributed by atoms with Gasteiger partial charge in [-0.3, -0.25) is 9.80 Å². The lowest BCUT2D eigenvalue weighted by Crippen LogP contribution is -2.45. The number of hydrogen-bond donors (Lipinski definition) is 0. The second-order valence-corrected chi connectivity index (χ2v) is 7.96. The van der Waals surface area contributed by atoms with E-state index in [9.17, 15) is 0 Å². The molecule has 0 radical (unpaired) electrons. The quantitative estimate of drug-likeness (QED) is 0.546. The van der Waals surface area contributed by atoms with Crippen LogP contribution in [-0.4, -0.2) is 47.5 Å². The van der Waals surface area contributed by atoms with Crippen LogP contribution in [0, 0.1) is 0 Å². The molecule has 2 aromatic carbocycles. The number of benzene rings is 2. The first kappa shape index (κ1) is 19.1. The van der Waals surface area contributed by atoms with Gasteiger partial charge in [-0.1, -0.05) is 58.4 Å². The first-order valence-corrected chi connectivity index (χ1v) is 10.4. The smallest absolute Gasteiger partial charge is 0.226 e. The predicted molar refractivity (Wildman–Crippen MR) is 117 cm³/mol. The second kappa shape index (κ2) is 9.32. The van der Waals surface area contributed by atoms with E-state index in [2.05, 4.69) is 67.1 Å². The van der Waals surface area contributed by atoms with E-state index in [-0.39, 0.29) is 0 Å². The fraction of sp³-hybridized carbons (Fsp3) is 0.261. The second-order valence-electron chi connectivity index (χ2n) is 7.04. The van der Waals surface area contributed by atoms with E-state index in [1.165, 1.54) is 5.56 Å². The Balaban J connectivity index is 1.24. The monoisotopic (exact) mass is 437 g/mol. The van der Waals surface area contributed by atoms with Gasteiger partial charge in [0, 0.05) is 49.3 Å². The van der Waals surface area contributed by atoms with Gasteiger partial charge in [-0.2, -0.15) is 0 Å². The maximum absolute atomic E-state index is 5.68. The van der Waals surface area contributed by atoms with Crippen molar-refractivity contribution in [2.45, 2.75) is 6.54 Å². The highest BCUT2D eigenvalue weighted by molar-refractivity contribution is 9.10. The zero-order valence-electron chi connectivity index (χ0n) is 15.8. The first-order valence-electron chi connectivity index (χ1n) is 9.63. The van der Waals surface area contributed by atoms with Crippen LogP contribution >= 0.6 is 15.9 Å². The molecule has 28 heavy (non-hydrogen) atoms. The molecule has 0 bridgehead atoms. The molecule has 1 saturated heterocycles. The van der Waals surface area contributed by atoms with Crippen LogP contribution < -0.4 is 0 Å². The third kappa shape index (κ3) is 5.19. The lowest BCUT2D eigenvalue weighted by atomic mass is 10.2. The molecular formula is C23H24BrN3O. The molecular weight excluding hydrogens is 414 g/mol. The normalized spacial score (nSPS) is 16.0. The molecule has 5 heteroatoms. The molecule has 4 nitrogen and oxygen atoms in total. The van der Waals surface area contributed by atoms with Crippen molar-refractivity contribution in [1.82, 2.24) is 14.8 Å². The Morgan fingerprint density at radius 1 is 0.929 bits per heavy atom. The van der Waals surface area contributed by atoms with Crippen molar-refractivity contribution in [3.63, 3.8) is 0 Å². The third-order valence-electron chi connectivity index (χ3n) is 4.97. The van der Waals surface area contributed by atoms with Crippen LogP contribution in [-0.2, 0) is 6.54 Å². The summed E-state index contributed by atoms with van der Waals surface area (Å²) in [5.74, 6) is 0.687. The molecule has 2 heterocycles. The average Bonchev–Trinajstić information content (AvgIpc) is 3.19. The van der Waals surface area contributed by atoms with Crippen LogP contribution in [0.2, 0.25) is 0 Å². The van der Waals surface area contributed by atoms with E-state index in [4.69, 9.17) is 4.42 Å². The molecule has 0 amide bonds. The van der Waals surface area contributed by atoms with Crippen molar-refractivity contribution < 1.29 is 4.42 Å². The fourth-order valence-electron chi connectivity index (χ4n) is 3.37. The molecule has 0 unspecified atom stereocenters. The highest BCUT2D eigenvalue weighted by Gasteiger charge is 2.17. The Kier molecular flexibility index (Phi) is 6.37. The molecule has 0 saturated carbocycles. The predicted octanol–water partition coefficient (Wildman–Crippen LogP) is 4.94. The molecule has 0 aliphatic carbocycles. The average molecular weight is 438 g/mol. The van der Waals surface area contributed by atoms with Crippen LogP contribution in [0.3, 0.4) is 0 Å². The maximum Gasteiger partial charge on any atom is 0.226 e. The van der Waals surface area contributed by atoms with Crippen LogP contribution in [0.5, 0.6) is 0 Å².